The number of halogens is 1. The van der Waals surface area contributed by atoms with Crippen molar-refractivity contribution >= 4 is 27.3 Å². The number of nitrogens with one attached hydrogen (secondary N) is 1. The van der Waals surface area contributed by atoms with Gasteiger partial charge in [0.05, 0.1) is 4.88 Å². The van der Waals surface area contributed by atoms with Gasteiger partial charge in [-0.1, -0.05) is 0 Å². The third-order valence-corrected chi connectivity index (χ3v) is 4.34. The summed E-state index contributed by atoms with van der Waals surface area (Å²) < 4.78 is 14.2. The molecule has 0 aliphatic heterocycles. The van der Waals surface area contributed by atoms with Gasteiger partial charge in [-0.3, -0.25) is 4.79 Å². The molecule has 1 aromatic carbocycles. The summed E-state index contributed by atoms with van der Waals surface area (Å²) in [6.07, 6.45) is 0. The van der Waals surface area contributed by atoms with Crippen LogP contribution in [0.15, 0.2) is 18.2 Å². The number of nitrogens with two attached hydrogens (primary N) is 1. The van der Waals surface area contributed by atoms with E-state index in [2.05, 4.69) is 5.32 Å². The fourth-order valence-corrected chi connectivity index (χ4v) is 2.91. The maximum Gasteiger partial charge on any atom is 0.262 e. The molecule has 0 spiro atoms. The Labute approximate surface area is 115 Å². The van der Waals surface area contributed by atoms with Crippen LogP contribution in [0, 0.1) is 12.7 Å². The second-order valence-corrected chi connectivity index (χ2v) is 6.29. The quantitative estimate of drug-likeness (QED) is 0.908. The van der Waals surface area contributed by atoms with E-state index in [0.29, 0.717) is 11.4 Å². The van der Waals surface area contributed by atoms with Crippen LogP contribution >= 0.6 is 11.3 Å². The van der Waals surface area contributed by atoms with Gasteiger partial charge in [-0.05, 0) is 49.9 Å². The first-order valence-corrected chi connectivity index (χ1v) is 6.87. The minimum atomic E-state index is -0.453. The molecule has 0 saturated heterocycles. The summed E-state index contributed by atoms with van der Waals surface area (Å²) in [4.78, 5) is 12.9. The number of carbonyl (C=O) groups is 1. The fourth-order valence-electron chi connectivity index (χ4n) is 1.82. The Morgan fingerprint density at radius 3 is 2.79 bits per heavy atom. The van der Waals surface area contributed by atoms with E-state index in [1.807, 2.05) is 20.8 Å². The number of benzene rings is 1. The summed E-state index contributed by atoms with van der Waals surface area (Å²) in [6, 6.07) is 4.57. The van der Waals surface area contributed by atoms with Crippen LogP contribution in [0.3, 0.4) is 0 Å². The number of hydrogen-bond donors (Lipinski definition) is 2. The van der Waals surface area contributed by atoms with Crippen LogP contribution in [0.1, 0.15) is 29.1 Å². The lowest BCUT2D eigenvalue weighted by atomic mass is 10.1. The molecule has 1 amide bonds. The highest BCUT2D eigenvalue weighted by molar-refractivity contribution is 7.21. The largest absolute Gasteiger partial charge is 0.345 e. The van der Waals surface area contributed by atoms with Crippen molar-refractivity contribution in [2.24, 2.45) is 5.73 Å². The lowest BCUT2D eigenvalue weighted by molar-refractivity contribution is 0.0919. The Morgan fingerprint density at radius 2 is 2.16 bits per heavy atom. The van der Waals surface area contributed by atoms with Crippen LogP contribution in [-0.4, -0.2) is 18.0 Å². The zero-order valence-electron chi connectivity index (χ0n) is 11.2. The van der Waals surface area contributed by atoms with Gasteiger partial charge in [0.25, 0.3) is 5.91 Å². The molecule has 3 nitrogen and oxygen atoms in total. The van der Waals surface area contributed by atoms with Crippen molar-refractivity contribution in [3.63, 3.8) is 0 Å². The van der Waals surface area contributed by atoms with Crippen molar-refractivity contribution < 1.29 is 9.18 Å². The van der Waals surface area contributed by atoms with Gasteiger partial charge < -0.3 is 11.1 Å². The average Bonchev–Trinajstić information content (AvgIpc) is 2.66. The van der Waals surface area contributed by atoms with E-state index in [1.165, 1.54) is 23.5 Å². The van der Waals surface area contributed by atoms with E-state index in [-0.39, 0.29) is 11.7 Å². The second-order valence-electron chi connectivity index (χ2n) is 5.24. The molecule has 0 aliphatic carbocycles. The zero-order valence-corrected chi connectivity index (χ0v) is 12.0. The van der Waals surface area contributed by atoms with Gasteiger partial charge in [-0.2, -0.15) is 0 Å². The Bertz CT molecular complexity index is 634. The number of amides is 1. The van der Waals surface area contributed by atoms with Crippen molar-refractivity contribution in [2.75, 3.05) is 6.54 Å². The van der Waals surface area contributed by atoms with Crippen molar-refractivity contribution in [3.05, 3.63) is 34.5 Å². The first-order valence-electron chi connectivity index (χ1n) is 6.05. The molecule has 0 unspecified atom stereocenters. The molecule has 1 aromatic heterocycles. The number of carbonyl (C=O) groups excluding carboxylic acids is 1. The van der Waals surface area contributed by atoms with Crippen LogP contribution in [0.4, 0.5) is 4.39 Å². The van der Waals surface area contributed by atoms with Crippen LogP contribution in [0.5, 0.6) is 0 Å². The number of hydrogen-bond acceptors (Lipinski definition) is 3. The standard InChI is InChI=1S/C14H17FN2OS/c1-8-10-6-9(15)4-5-11(10)19-12(8)13(18)17-14(2,3)7-16/h4-6H,7,16H2,1-3H3,(H,17,18). The highest BCUT2D eigenvalue weighted by atomic mass is 32.1. The number of rotatable bonds is 3. The SMILES string of the molecule is Cc1c(C(=O)NC(C)(C)CN)sc2ccc(F)cc12. The highest BCUT2D eigenvalue weighted by Gasteiger charge is 2.22. The molecular weight excluding hydrogens is 263 g/mol. The van der Waals surface area contributed by atoms with Crippen LogP contribution in [0.2, 0.25) is 0 Å². The summed E-state index contributed by atoms with van der Waals surface area (Å²) in [5.41, 5.74) is 5.96. The summed E-state index contributed by atoms with van der Waals surface area (Å²) in [6.45, 7) is 5.93. The van der Waals surface area contributed by atoms with E-state index in [4.69, 9.17) is 5.73 Å². The van der Waals surface area contributed by atoms with Gasteiger partial charge in [0, 0.05) is 16.8 Å². The third kappa shape index (κ3) is 2.77. The molecule has 2 rings (SSSR count). The Morgan fingerprint density at radius 1 is 1.47 bits per heavy atom. The second kappa shape index (κ2) is 4.90. The normalized spacial score (nSPS) is 11.8. The van der Waals surface area contributed by atoms with Crippen molar-refractivity contribution in [3.8, 4) is 0 Å². The summed E-state index contributed by atoms with van der Waals surface area (Å²) in [5.74, 6) is -0.447. The van der Waals surface area contributed by atoms with E-state index in [1.54, 1.807) is 6.07 Å². The van der Waals surface area contributed by atoms with Gasteiger partial charge in [0.15, 0.2) is 0 Å². The lowest BCUT2D eigenvalue weighted by Gasteiger charge is -2.23. The fraction of sp³-hybridized carbons (Fsp3) is 0.357. The smallest absolute Gasteiger partial charge is 0.262 e. The summed E-state index contributed by atoms with van der Waals surface area (Å²) >= 11 is 1.37. The van der Waals surface area contributed by atoms with Crippen molar-refractivity contribution in [1.29, 1.82) is 0 Å². The topological polar surface area (TPSA) is 55.1 Å². The minimum absolute atomic E-state index is 0.158. The molecular formula is C14H17FN2OS. The lowest BCUT2D eigenvalue weighted by Crippen LogP contribution is -2.48. The van der Waals surface area contributed by atoms with Crippen LogP contribution in [-0.2, 0) is 0 Å². The predicted octanol–water partition coefficient (Wildman–Crippen LogP) is 2.82. The maximum atomic E-state index is 13.2. The summed E-state index contributed by atoms with van der Waals surface area (Å²) in [7, 11) is 0. The zero-order chi connectivity index (χ0) is 14.2. The van der Waals surface area contributed by atoms with E-state index >= 15 is 0 Å². The van der Waals surface area contributed by atoms with Gasteiger partial charge in [-0.15, -0.1) is 11.3 Å². The third-order valence-electron chi connectivity index (χ3n) is 3.07. The Kier molecular flexibility index (Phi) is 3.60. The van der Waals surface area contributed by atoms with Crippen LogP contribution in [0.25, 0.3) is 10.1 Å². The van der Waals surface area contributed by atoms with E-state index in [0.717, 1.165) is 15.6 Å². The first kappa shape index (κ1) is 14.0. The molecule has 0 fully saturated rings. The van der Waals surface area contributed by atoms with E-state index in [9.17, 15) is 9.18 Å². The Balaban J connectivity index is 2.40. The summed E-state index contributed by atoms with van der Waals surface area (Å²) in [5, 5.41) is 3.68. The van der Waals surface area contributed by atoms with Gasteiger partial charge in [0.2, 0.25) is 0 Å². The minimum Gasteiger partial charge on any atom is -0.345 e. The van der Waals surface area contributed by atoms with Crippen molar-refractivity contribution in [1.82, 2.24) is 5.32 Å². The monoisotopic (exact) mass is 280 g/mol. The van der Waals surface area contributed by atoms with Crippen molar-refractivity contribution in [2.45, 2.75) is 26.3 Å². The van der Waals surface area contributed by atoms with Gasteiger partial charge in [-0.25, -0.2) is 4.39 Å². The molecule has 0 saturated carbocycles. The highest BCUT2D eigenvalue weighted by Crippen LogP contribution is 2.31. The Hall–Kier alpha value is -1.46. The number of aryl methyl sites for hydroxylation is 1. The van der Waals surface area contributed by atoms with E-state index < -0.39 is 5.54 Å². The first-order chi connectivity index (χ1) is 8.84. The molecule has 0 aliphatic rings. The molecule has 1 heterocycles. The molecule has 0 atom stereocenters. The van der Waals surface area contributed by atoms with Crippen LogP contribution < -0.4 is 11.1 Å². The molecule has 5 heteroatoms. The van der Waals surface area contributed by atoms with Gasteiger partial charge >= 0.3 is 0 Å². The maximum absolute atomic E-state index is 13.2. The molecule has 19 heavy (non-hydrogen) atoms. The molecule has 0 bridgehead atoms. The molecule has 0 radical (unpaired) electrons. The number of fused-ring (bicyclic) bond motifs is 1. The molecule has 102 valence electrons. The average molecular weight is 280 g/mol. The molecule has 2 aromatic rings. The van der Waals surface area contributed by atoms with Gasteiger partial charge in [0.1, 0.15) is 5.82 Å². The molecule has 3 N–H and O–H groups in total. The number of thiophene rings is 1. The predicted molar refractivity (Wildman–Crippen MR) is 77.1 cm³/mol.